The van der Waals surface area contributed by atoms with Gasteiger partial charge < -0.3 is 15.0 Å². The fraction of sp³-hybridized carbons (Fsp3) is 0.667. The highest BCUT2D eigenvalue weighted by Crippen LogP contribution is 2.22. The van der Waals surface area contributed by atoms with E-state index in [9.17, 15) is 4.79 Å². The first-order valence-electron chi connectivity index (χ1n) is 9.38. The summed E-state index contributed by atoms with van der Waals surface area (Å²) in [5, 5.41) is 15.8. The molecule has 0 bridgehead atoms. The molecule has 1 aliphatic rings. The van der Waals surface area contributed by atoms with Gasteiger partial charge in [-0.2, -0.15) is 4.52 Å². The molecule has 8 heteroatoms. The van der Waals surface area contributed by atoms with Crippen molar-refractivity contribution in [2.45, 2.75) is 46.1 Å². The summed E-state index contributed by atoms with van der Waals surface area (Å²) >= 11 is 0. The quantitative estimate of drug-likeness (QED) is 0.755. The second-order valence-electron chi connectivity index (χ2n) is 7.03. The van der Waals surface area contributed by atoms with Crippen LogP contribution in [0.15, 0.2) is 12.1 Å². The minimum atomic E-state index is 0.0812. The molecule has 3 rings (SSSR count). The lowest BCUT2D eigenvalue weighted by Gasteiger charge is -2.32. The fourth-order valence-electron chi connectivity index (χ4n) is 3.17. The molecule has 0 spiro atoms. The van der Waals surface area contributed by atoms with Crippen LogP contribution in [0, 0.1) is 12.8 Å². The molecule has 0 aromatic carbocycles. The Kier molecular flexibility index (Phi) is 6.03. The van der Waals surface area contributed by atoms with Gasteiger partial charge in [0.25, 0.3) is 0 Å². The predicted molar refractivity (Wildman–Crippen MR) is 99.2 cm³/mol. The van der Waals surface area contributed by atoms with Gasteiger partial charge in [0.05, 0.1) is 6.10 Å². The number of piperidine rings is 1. The zero-order chi connectivity index (χ0) is 18.5. The Labute approximate surface area is 153 Å². The molecular weight excluding hydrogens is 332 g/mol. The standard InChI is InChI=1S/C18H28N6O2/c1-13(2)26-12-4-9-19-18(25)15-7-10-23(11-8-15)17-6-5-16-21-20-14(3)24(16)22-17/h5-6,13,15H,4,7-12H2,1-3H3,(H,19,25). The zero-order valence-electron chi connectivity index (χ0n) is 15.8. The minimum Gasteiger partial charge on any atom is -0.379 e. The molecule has 142 valence electrons. The molecule has 0 unspecified atom stereocenters. The number of rotatable bonds is 7. The Bertz CT molecular complexity index is 736. The van der Waals surface area contributed by atoms with E-state index < -0.39 is 0 Å². The van der Waals surface area contributed by atoms with Gasteiger partial charge in [-0.25, -0.2) is 0 Å². The largest absolute Gasteiger partial charge is 0.379 e. The average molecular weight is 360 g/mol. The number of hydrogen-bond donors (Lipinski definition) is 1. The molecule has 0 saturated carbocycles. The monoisotopic (exact) mass is 360 g/mol. The van der Waals surface area contributed by atoms with Gasteiger partial charge in [-0.3, -0.25) is 4.79 Å². The number of aromatic nitrogens is 4. The van der Waals surface area contributed by atoms with Crippen LogP contribution >= 0.6 is 0 Å². The van der Waals surface area contributed by atoms with E-state index >= 15 is 0 Å². The lowest BCUT2D eigenvalue weighted by molar-refractivity contribution is -0.125. The number of carbonyl (C=O) groups is 1. The van der Waals surface area contributed by atoms with Gasteiger partial charge in [0, 0.05) is 32.2 Å². The van der Waals surface area contributed by atoms with E-state index in [1.54, 1.807) is 4.52 Å². The molecule has 0 aliphatic carbocycles. The van der Waals surface area contributed by atoms with Gasteiger partial charge in [-0.1, -0.05) is 0 Å². The summed E-state index contributed by atoms with van der Waals surface area (Å²) < 4.78 is 7.25. The molecule has 2 aromatic heterocycles. The molecule has 0 atom stereocenters. The molecule has 1 N–H and O–H groups in total. The van der Waals surface area contributed by atoms with Gasteiger partial charge >= 0.3 is 0 Å². The van der Waals surface area contributed by atoms with E-state index in [0.717, 1.165) is 49.6 Å². The van der Waals surface area contributed by atoms with E-state index in [0.29, 0.717) is 13.2 Å². The lowest BCUT2D eigenvalue weighted by Crippen LogP contribution is -2.41. The van der Waals surface area contributed by atoms with E-state index in [2.05, 4.69) is 25.5 Å². The minimum absolute atomic E-state index is 0.0812. The summed E-state index contributed by atoms with van der Waals surface area (Å²) in [4.78, 5) is 14.5. The highest BCUT2D eigenvalue weighted by Gasteiger charge is 2.25. The third-order valence-electron chi connectivity index (χ3n) is 4.67. The number of hydrogen-bond acceptors (Lipinski definition) is 6. The van der Waals surface area contributed by atoms with Crippen LogP contribution in [0.3, 0.4) is 0 Å². The third kappa shape index (κ3) is 4.49. The van der Waals surface area contributed by atoms with Crippen LogP contribution in [-0.2, 0) is 9.53 Å². The SMILES string of the molecule is Cc1nnc2ccc(N3CCC(C(=O)NCCCOC(C)C)CC3)nn12. The first-order chi connectivity index (χ1) is 12.5. The van der Waals surface area contributed by atoms with Crippen molar-refractivity contribution in [1.82, 2.24) is 25.1 Å². The molecule has 8 nitrogen and oxygen atoms in total. The number of amides is 1. The molecule has 3 heterocycles. The van der Waals surface area contributed by atoms with E-state index in [1.165, 1.54) is 0 Å². The third-order valence-corrected chi connectivity index (χ3v) is 4.67. The molecule has 26 heavy (non-hydrogen) atoms. The second-order valence-corrected chi connectivity index (χ2v) is 7.03. The van der Waals surface area contributed by atoms with Crippen LogP contribution in [0.4, 0.5) is 5.82 Å². The first kappa shape index (κ1) is 18.6. The van der Waals surface area contributed by atoms with Crippen molar-refractivity contribution >= 4 is 17.4 Å². The van der Waals surface area contributed by atoms with Crippen molar-refractivity contribution in [3.05, 3.63) is 18.0 Å². The van der Waals surface area contributed by atoms with Gasteiger partial charge in [-0.05, 0) is 52.2 Å². The summed E-state index contributed by atoms with van der Waals surface area (Å²) in [6.45, 7) is 8.94. The van der Waals surface area contributed by atoms with Crippen molar-refractivity contribution < 1.29 is 9.53 Å². The lowest BCUT2D eigenvalue weighted by atomic mass is 9.96. The predicted octanol–water partition coefficient (Wildman–Crippen LogP) is 1.58. The van der Waals surface area contributed by atoms with Crippen molar-refractivity contribution in [2.24, 2.45) is 5.92 Å². The van der Waals surface area contributed by atoms with Crippen LogP contribution in [0.25, 0.3) is 5.65 Å². The van der Waals surface area contributed by atoms with Crippen molar-refractivity contribution in [3.8, 4) is 0 Å². The Morgan fingerprint density at radius 3 is 2.81 bits per heavy atom. The average Bonchev–Trinajstić information content (AvgIpc) is 3.01. The molecule has 0 radical (unpaired) electrons. The molecule has 1 amide bonds. The van der Waals surface area contributed by atoms with Gasteiger partial charge in [-0.15, -0.1) is 15.3 Å². The highest BCUT2D eigenvalue weighted by molar-refractivity contribution is 5.78. The maximum atomic E-state index is 12.3. The molecular formula is C18H28N6O2. The van der Waals surface area contributed by atoms with Crippen LogP contribution in [0.1, 0.15) is 38.9 Å². The number of aryl methyl sites for hydroxylation is 1. The smallest absolute Gasteiger partial charge is 0.223 e. The molecule has 1 aliphatic heterocycles. The second kappa shape index (κ2) is 8.44. The Balaban J connectivity index is 1.45. The maximum Gasteiger partial charge on any atom is 0.223 e. The molecule has 1 saturated heterocycles. The topological polar surface area (TPSA) is 84.7 Å². The number of fused-ring (bicyclic) bond motifs is 1. The van der Waals surface area contributed by atoms with Crippen molar-refractivity contribution in [2.75, 3.05) is 31.1 Å². The van der Waals surface area contributed by atoms with E-state index in [-0.39, 0.29) is 17.9 Å². The molecule has 1 fully saturated rings. The number of anilines is 1. The number of carbonyl (C=O) groups excluding carboxylic acids is 1. The summed E-state index contributed by atoms with van der Waals surface area (Å²) in [5.74, 6) is 1.92. The Hall–Kier alpha value is -2.22. The summed E-state index contributed by atoms with van der Waals surface area (Å²) in [5.41, 5.74) is 0.752. The van der Waals surface area contributed by atoms with Crippen LogP contribution in [-0.4, -0.2) is 58.1 Å². The summed E-state index contributed by atoms with van der Waals surface area (Å²) in [7, 11) is 0. The maximum absolute atomic E-state index is 12.3. The highest BCUT2D eigenvalue weighted by atomic mass is 16.5. The van der Waals surface area contributed by atoms with Crippen molar-refractivity contribution in [3.63, 3.8) is 0 Å². The first-order valence-corrected chi connectivity index (χ1v) is 9.38. The molecule has 2 aromatic rings. The van der Waals surface area contributed by atoms with Crippen LogP contribution in [0.5, 0.6) is 0 Å². The summed E-state index contributed by atoms with van der Waals surface area (Å²) in [6.07, 6.45) is 2.78. The van der Waals surface area contributed by atoms with Gasteiger partial charge in [0.1, 0.15) is 5.82 Å². The van der Waals surface area contributed by atoms with Gasteiger partial charge in [0.2, 0.25) is 5.91 Å². The van der Waals surface area contributed by atoms with E-state index in [1.807, 2.05) is 32.9 Å². The zero-order valence-corrected chi connectivity index (χ0v) is 15.8. The normalized spacial score (nSPS) is 15.8. The summed E-state index contributed by atoms with van der Waals surface area (Å²) in [6, 6.07) is 3.90. The fourth-order valence-corrected chi connectivity index (χ4v) is 3.17. The number of nitrogens with zero attached hydrogens (tertiary/aromatic N) is 5. The Morgan fingerprint density at radius 2 is 2.08 bits per heavy atom. The Morgan fingerprint density at radius 1 is 1.31 bits per heavy atom. The van der Waals surface area contributed by atoms with Crippen molar-refractivity contribution in [1.29, 1.82) is 0 Å². The van der Waals surface area contributed by atoms with Crippen LogP contribution in [0.2, 0.25) is 0 Å². The van der Waals surface area contributed by atoms with E-state index in [4.69, 9.17) is 4.74 Å². The van der Waals surface area contributed by atoms with Crippen LogP contribution < -0.4 is 10.2 Å². The van der Waals surface area contributed by atoms with Gasteiger partial charge in [0.15, 0.2) is 11.5 Å². The number of nitrogens with one attached hydrogen (secondary N) is 1. The number of ether oxygens (including phenoxy) is 1.